The van der Waals surface area contributed by atoms with Crippen LogP contribution in [0.15, 0.2) is 0 Å². The van der Waals surface area contributed by atoms with Gasteiger partial charge in [-0.15, -0.1) is 5.10 Å². The van der Waals surface area contributed by atoms with Crippen LogP contribution in [-0.2, 0) is 22.4 Å². The van der Waals surface area contributed by atoms with Crippen molar-refractivity contribution in [2.75, 3.05) is 13.7 Å². The Bertz CT molecular complexity index is 446. The van der Waals surface area contributed by atoms with E-state index in [1.807, 2.05) is 0 Å². The number of nitrogens with two attached hydrogens (primary N) is 1. The highest BCUT2D eigenvalue weighted by molar-refractivity contribution is 5.88. The van der Waals surface area contributed by atoms with Gasteiger partial charge in [-0.2, -0.15) is 0 Å². The quantitative estimate of drug-likeness (QED) is 0.763. The molecule has 2 heterocycles. The van der Waals surface area contributed by atoms with Crippen LogP contribution in [0.25, 0.3) is 0 Å². The summed E-state index contributed by atoms with van der Waals surface area (Å²) in [6.07, 6.45) is 3.00. The minimum Gasteiger partial charge on any atom is -0.464 e. The van der Waals surface area contributed by atoms with Crippen LogP contribution in [0.5, 0.6) is 0 Å². The minimum atomic E-state index is -0.476. The third-order valence-electron chi connectivity index (χ3n) is 3.29. The average molecular weight is 268 g/mol. The first-order valence-electron chi connectivity index (χ1n) is 6.52. The van der Waals surface area contributed by atoms with Crippen molar-refractivity contribution in [2.24, 2.45) is 5.73 Å². The SMILES string of the molecule is COC(=O)c1nnn(CC2CCC(C)O2)c1CCN. The summed E-state index contributed by atoms with van der Waals surface area (Å²) in [4.78, 5) is 11.6. The lowest BCUT2D eigenvalue weighted by molar-refractivity contribution is 0.0427. The summed E-state index contributed by atoms with van der Waals surface area (Å²) in [7, 11) is 1.33. The summed E-state index contributed by atoms with van der Waals surface area (Å²) < 4.78 is 12.2. The van der Waals surface area contributed by atoms with Crippen LogP contribution >= 0.6 is 0 Å². The van der Waals surface area contributed by atoms with Crippen LogP contribution in [0.1, 0.15) is 35.9 Å². The van der Waals surface area contributed by atoms with Gasteiger partial charge in [-0.3, -0.25) is 0 Å². The second kappa shape index (κ2) is 6.12. The number of aromatic nitrogens is 3. The Labute approximate surface area is 112 Å². The lowest BCUT2D eigenvalue weighted by atomic mass is 10.2. The number of methoxy groups -OCH3 is 1. The standard InChI is InChI=1S/C12H20N4O3/c1-8-3-4-9(19-8)7-16-10(5-6-13)11(14-15-16)12(17)18-2/h8-9H,3-7,13H2,1-2H3. The predicted molar refractivity (Wildman–Crippen MR) is 67.7 cm³/mol. The summed E-state index contributed by atoms with van der Waals surface area (Å²) in [5, 5.41) is 7.92. The van der Waals surface area contributed by atoms with Crippen molar-refractivity contribution in [1.29, 1.82) is 0 Å². The van der Waals surface area contributed by atoms with Gasteiger partial charge in [0.1, 0.15) is 0 Å². The third-order valence-corrected chi connectivity index (χ3v) is 3.29. The zero-order valence-electron chi connectivity index (χ0n) is 11.3. The van der Waals surface area contributed by atoms with E-state index in [0.29, 0.717) is 19.5 Å². The van der Waals surface area contributed by atoms with E-state index in [4.69, 9.17) is 15.2 Å². The Morgan fingerprint density at radius 2 is 2.37 bits per heavy atom. The van der Waals surface area contributed by atoms with Gasteiger partial charge in [0.2, 0.25) is 0 Å². The molecular formula is C12H20N4O3. The van der Waals surface area contributed by atoms with Gasteiger partial charge in [-0.1, -0.05) is 5.21 Å². The summed E-state index contributed by atoms with van der Waals surface area (Å²) in [6.45, 7) is 3.09. The maximum Gasteiger partial charge on any atom is 0.360 e. The molecule has 1 aromatic heterocycles. The Balaban J connectivity index is 2.15. The summed E-state index contributed by atoms with van der Waals surface area (Å²) >= 11 is 0. The molecule has 1 aromatic rings. The fourth-order valence-corrected chi connectivity index (χ4v) is 2.33. The van der Waals surface area contributed by atoms with Crippen LogP contribution in [0, 0.1) is 0 Å². The monoisotopic (exact) mass is 268 g/mol. The highest BCUT2D eigenvalue weighted by Crippen LogP contribution is 2.21. The fourth-order valence-electron chi connectivity index (χ4n) is 2.33. The van der Waals surface area contributed by atoms with E-state index in [9.17, 15) is 4.79 Å². The van der Waals surface area contributed by atoms with Crippen molar-refractivity contribution in [2.45, 2.75) is 44.9 Å². The fraction of sp³-hybridized carbons (Fsp3) is 0.750. The topological polar surface area (TPSA) is 92.3 Å². The van der Waals surface area contributed by atoms with Crippen molar-refractivity contribution in [3.05, 3.63) is 11.4 Å². The maximum absolute atomic E-state index is 11.6. The Morgan fingerprint density at radius 3 is 2.95 bits per heavy atom. The van der Waals surface area contributed by atoms with Crippen molar-refractivity contribution < 1.29 is 14.3 Å². The zero-order chi connectivity index (χ0) is 13.8. The first kappa shape index (κ1) is 14.0. The highest BCUT2D eigenvalue weighted by Gasteiger charge is 2.26. The van der Waals surface area contributed by atoms with Crippen LogP contribution in [0.2, 0.25) is 0 Å². The molecule has 1 fully saturated rings. The van der Waals surface area contributed by atoms with E-state index in [1.165, 1.54) is 7.11 Å². The second-order valence-electron chi connectivity index (χ2n) is 4.74. The van der Waals surface area contributed by atoms with Crippen LogP contribution in [0.3, 0.4) is 0 Å². The molecule has 2 atom stereocenters. The molecule has 2 unspecified atom stereocenters. The molecule has 106 valence electrons. The second-order valence-corrected chi connectivity index (χ2v) is 4.74. The molecule has 0 amide bonds. The van der Waals surface area contributed by atoms with Gasteiger partial charge >= 0.3 is 5.97 Å². The highest BCUT2D eigenvalue weighted by atomic mass is 16.5. The van der Waals surface area contributed by atoms with Crippen molar-refractivity contribution >= 4 is 5.97 Å². The largest absolute Gasteiger partial charge is 0.464 e. The van der Waals surface area contributed by atoms with Gasteiger partial charge in [0, 0.05) is 6.42 Å². The van der Waals surface area contributed by atoms with Crippen molar-refractivity contribution in [3.8, 4) is 0 Å². The molecule has 0 bridgehead atoms. The summed E-state index contributed by atoms with van der Waals surface area (Å²) in [5.74, 6) is -0.476. The molecule has 0 aromatic carbocycles. The van der Waals surface area contributed by atoms with Crippen molar-refractivity contribution in [1.82, 2.24) is 15.0 Å². The van der Waals surface area contributed by atoms with Crippen molar-refractivity contribution in [3.63, 3.8) is 0 Å². The predicted octanol–water partition coefficient (Wildman–Crippen LogP) is 0.133. The van der Waals surface area contributed by atoms with Gasteiger partial charge in [0.15, 0.2) is 5.69 Å². The molecule has 2 rings (SSSR count). The molecular weight excluding hydrogens is 248 g/mol. The summed E-state index contributed by atoms with van der Waals surface area (Å²) in [6, 6.07) is 0. The number of ether oxygens (including phenoxy) is 2. The number of hydrogen-bond donors (Lipinski definition) is 1. The minimum absolute atomic E-state index is 0.124. The van der Waals surface area contributed by atoms with Gasteiger partial charge in [-0.05, 0) is 26.3 Å². The van der Waals surface area contributed by atoms with Gasteiger partial charge < -0.3 is 15.2 Å². The number of carbonyl (C=O) groups excluding carboxylic acids is 1. The Morgan fingerprint density at radius 1 is 1.58 bits per heavy atom. The molecule has 7 nitrogen and oxygen atoms in total. The Kier molecular flexibility index (Phi) is 4.49. The summed E-state index contributed by atoms with van der Waals surface area (Å²) in [5.41, 5.74) is 6.55. The van der Waals surface area contributed by atoms with Crippen LogP contribution in [-0.4, -0.2) is 46.8 Å². The van der Waals surface area contributed by atoms with E-state index >= 15 is 0 Å². The number of esters is 1. The van der Waals surface area contributed by atoms with E-state index < -0.39 is 5.97 Å². The van der Waals surface area contributed by atoms with Gasteiger partial charge in [-0.25, -0.2) is 9.48 Å². The third kappa shape index (κ3) is 3.10. The number of rotatable bonds is 5. The van der Waals surface area contributed by atoms with Gasteiger partial charge in [0.05, 0.1) is 31.6 Å². The average Bonchev–Trinajstić information content (AvgIpc) is 2.97. The molecule has 7 heteroatoms. The zero-order valence-corrected chi connectivity index (χ0v) is 11.3. The van der Waals surface area contributed by atoms with E-state index in [-0.39, 0.29) is 17.9 Å². The normalized spacial score (nSPS) is 22.7. The molecule has 2 N–H and O–H groups in total. The van der Waals surface area contributed by atoms with E-state index in [2.05, 4.69) is 17.2 Å². The molecule has 1 aliphatic rings. The van der Waals surface area contributed by atoms with E-state index in [1.54, 1.807) is 4.68 Å². The van der Waals surface area contributed by atoms with Gasteiger partial charge in [0.25, 0.3) is 0 Å². The molecule has 19 heavy (non-hydrogen) atoms. The molecule has 0 aliphatic carbocycles. The number of carbonyl (C=O) groups is 1. The molecule has 1 saturated heterocycles. The lowest BCUT2D eigenvalue weighted by Gasteiger charge is -2.12. The lowest BCUT2D eigenvalue weighted by Crippen LogP contribution is -2.21. The molecule has 0 saturated carbocycles. The van der Waals surface area contributed by atoms with Crippen LogP contribution in [0.4, 0.5) is 0 Å². The van der Waals surface area contributed by atoms with Crippen LogP contribution < -0.4 is 5.73 Å². The Hall–Kier alpha value is -1.47. The van der Waals surface area contributed by atoms with E-state index in [0.717, 1.165) is 18.5 Å². The maximum atomic E-state index is 11.6. The number of nitrogens with zero attached hydrogens (tertiary/aromatic N) is 3. The first-order chi connectivity index (χ1) is 9.15. The molecule has 0 radical (unpaired) electrons. The molecule has 0 spiro atoms. The smallest absolute Gasteiger partial charge is 0.360 e. The number of hydrogen-bond acceptors (Lipinski definition) is 6. The molecule has 1 aliphatic heterocycles. The first-order valence-corrected chi connectivity index (χ1v) is 6.52.